The van der Waals surface area contributed by atoms with Gasteiger partial charge in [0.15, 0.2) is 0 Å². The summed E-state index contributed by atoms with van der Waals surface area (Å²) in [6, 6.07) is 12.3. The first-order chi connectivity index (χ1) is 12.5. The summed E-state index contributed by atoms with van der Waals surface area (Å²) < 4.78 is 0. The number of amides is 2. The summed E-state index contributed by atoms with van der Waals surface area (Å²) in [4.78, 5) is 26.9. The average molecular weight is 353 g/mol. The highest BCUT2D eigenvalue weighted by Crippen LogP contribution is 2.17. The minimum atomic E-state index is -0.215. The number of hydrogen-bond donors (Lipinski definition) is 2. The van der Waals surface area contributed by atoms with Crippen LogP contribution in [0.4, 0.5) is 11.4 Å². The molecule has 2 amide bonds. The molecule has 2 aromatic rings. The van der Waals surface area contributed by atoms with Crippen molar-refractivity contribution in [3.05, 3.63) is 59.2 Å². The molecule has 0 fully saturated rings. The summed E-state index contributed by atoms with van der Waals surface area (Å²) in [6.07, 6.45) is 1.86. The van der Waals surface area contributed by atoms with E-state index in [0.717, 1.165) is 31.5 Å². The first-order valence-electron chi connectivity index (χ1n) is 9.03. The lowest BCUT2D eigenvalue weighted by atomic mass is 10.1. The zero-order valence-corrected chi connectivity index (χ0v) is 15.7. The van der Waals surface area contributed by atoms with Crippen LogP contribution in [-0.2, 0) is 0 Å². The molecule has 5 nitrogen and oxygen atoms in total. The van der Waals surface area contributed by atoms with Gasteiger partial charge in [-0.2, -0.15) is 0 Å². The molecule has 0 saturated carbocycles. The molecule has 3 N–H and O–H groups in total. The van der Waals surface area contributed by atoms with Crippen LogP contribution in [0.25, 0.3) is 0 Å². The molecule has 138 valence electrons. The van der Waals surface area contributed by atoms with E-state index in [1.807, 2.05) is 17.9 Å². The van der Waals surface area contributed by atoms with Crippen LogP contribution in [0.3, 0.4) is 0 Å². The number of anilines is 2. The predicted octanol–water partition coefficient (Wildman–Crippen LogP) is 4.09. The largest absolute Gasteiger partial charge is 0.399 e. The maximum Gasteiger partial charge on any atom is 0.256 e. The van der Waals surface area contributed by atoms with Crippen molar-refractivity contribution < 1.29 is 9.59 Å². The number of carbonyl (C=O) groups excluding carboxylic acids is 2. The average Bonchev–Trinajstić information content (AvgIpc) is 2.63. The van der Waals surface area contributed by atoms with Crippen molar-refractivity contribution in [2.24, 2.45) is 0 Å². The second-order valence-electron chi connectivity index (χ2n) is 6.40. The van der Waals surface area contributed by atoms with Crippen LogP contribution in [0.1, 0.15) is 53.0 Å². The number of carbonyl (C=O) groups is 2. The van der Waals surface area contributed by atoms with Crippen molar-refractivity contribution in [1.82, 2.24) is 4.90 Å². The number of rotatable bonds is 7. The Hall–Kier alpha value is -2.82. The van der Waals surface area contributed by atoms with Gasteiger partial charge in [-0.05, 0) is 61.7 Å². The van der Waals surface area contributed by atoms with Gasteiger partial charge in [-0.3, -0.25) is 9.59 Å². The van der Waals surface area contributed by atoms with Gasteiger partial charge in [0.2, 0.25) is 0 Å². The number of nitrogens with one attached hydrogen (secondary N) is 1. The van der Waals surface area contributed by atoms with Crippen LogP contribution in [0.5, 0.6) is 0 Å². The Morgan fingerprint density at radius 1 is 1.00 bits per heavy atom. The molecule has 0 spiro atoms. The fourth-order valence-corrected chi connectivity index (χ4v) is 2.82. The van der Waals surface area contributed by atoms with Crippen LogP contribution in [0.2, 0.25) is 0 Å². The summed E-state index contributed by atoms with van der Waals surface area (Å²) in [7, 11) is 0. The van der Waals surface area contributed by atoms with Gasteiger partial charge in [-0.25, -0.2) is 0 Å². The fourth-order valence-electron chi connectivity index (χ4n) is 2.82. The molecule has 0 bridgehead atoms. The zero-order chi connectivity index (χ0) is 19.1. The molecule has 26 heavy (non-hydrogen) atoms. The van der Waals surface area contributed by atoms with E-state index in [9.17, 15) is 9.59 Å². The lowest BCUT2D eigenvalue weighted by molar-refractivity contribution is 0.0755. The van der Waals surface area contributed by atoms with Crippen LogP contribution in [-0.4, -0.2) is 29.8 Å². The second kappa shape index (κ2) is 9.04. The van der Waals surface area contributed by atoms with Gasteiger partial charge in [-0.15, -0.1) is 0 Å². The molecule has 0 aromatic heterocycles. The third kappa shape index (κ3) is 4.85. The molecule has 2 aromatic carbocycles. The highest BCUT2D eigenvalue weighted by molar-refractivity contribution is 6.06. The molecule has 0 unspecified atom stereocenters. The molecule has 2 rings (SSSR count). The van der Waals surface area contributed by atoms with Gasteiger partial charge in [-0.1, -0.05) is 19.9 Å². The fraction of sp³-hybridized carbons (Fsp3) is 0.333. The molecule has 0 radical (unpaired) electrons. The van der Waals surface area contributed by atoms with E-state index >= 15 is 0 Å². The maximum atomic E-state index is 12.6. The van der Waals surface area contributed by atoms with Gasteiger partial charge in [0, 0.05) is 35.6 Å². The molecular formula is C21H27N3O2. The second-order valence-corrected chi connectivity index (χ2v) is 6.40. The normalized spacial score (nSPS) is 10.4. The predicted molar refractivity (Wildman–Crippen MR) is 106 cm³/mol. The van der Waals surface area contributed by atoms with Crippen LogP contribution >= 0.6 is 0 Å². The summed E-state index contributed by atoms with van der Waals surface area (Å²) in [6.45, 7) is 7.49. The Morgan fingerprint density at radius 3 is 2.19 bits per heavy atom. The van der Waals surface area contributed by atoms with Crippen molar-refractivity contribution in [1.29, 1.82) is 0 Å². The van der Waals surface area contributed by atoms with Gasteiger partial charge in [0.25, 0.3) is 11.8 Å². The van der Waals surface area contributed by atoms with E-state index in [1.165, 1.54) is 0 Å². The van der Waals surface area contributed by atoms with E-state index in [1.54, 1.807) is 36.4 Å². The molecule has 0 heterocycles. The smallest absolute Gasteiger partial charge is 0.256 e. The number of aryl methyl sites for hydroxylation is 1. The Kier molecular flexibility index (Phi) is 6.78. The number of nitrogen functional groups attached to an aromatic ring is 1. The zero-order valence-electron chi connectivity index (χ0n) is 15.7. The minimum Gasteiger partial charge on any atom is -0.399 e. The Bertz CT molecular complexity index is 763. The van der Waals surface area contributed by atoms with Gasteiger partial charge < -0.3 is 16.0 Å². The standard InChI is InChI=1S/C21H27N3O2/c1-4-12-24(13-5-2)21(26)16-7-10-18(11-8-16)23-20(25)19-14-17(22)9-6-15(19)3/h6-11,14H,4-5,12-13,22H2,1-3H3,(H,23,25). The topological polar surface area (TPSA) is 75.4 Å². The number of hydrogen-bond acceptors (Lipinski definition) is 3. The van der Waals surface area contributed by atoms with E-state index in [0.29, 0.717) is 22.5 Å². The van der Waals surface area contributed by atoms with Gasteiger partial charge in [0.05, 0.1) is 0 Å². The van der Waals surface area contributed by atoms with E-state index in [2.05, 4.69) is 19.2 Å². The Balaban J connectivity index is 2.10. The first-order valence-corrected chi connectivity index (χ1v) is 9.03. The summed E-state index contributed by atoms with van der Waals surface area (Å²) in [5, 5.41) is 2.85. The molecular weight excluding hydrogens is 326 g/mol. The molecule has 0 atom stereocenters. The van der Waals surface area contributed by atoms with Crippen molar-refractivity contribution in [2.45, 2.75) is 33.6 Å². The number of benzene rings is 2. The quantitative estimate of drug-likeness (QED) is 0.736. The van der Waals surface area contributed by atoms with Crippen LogP contribution in [0, 0.1) is 6.92 Å². The highest BCUT2D eigenvalue weighted by Gasteiger charge is 2.15. The van der Waals surface area contributed by atoms with E-state index < -0.39 is 0 Å². The third-order valence-corrected chi connectivity index (χ3v) is 4.17. The molecule has 0 aliphatic heterocycles. The van der Waals surface area contributed by atoms with E-state index in [-0.39, 0.29) is 11.8 Å². The Morgan fingerprint density at radius 2 is 1.62 bits per heavy atom. The number of nitrogens with two attached hydrogens (primary N) is 1. The minimum absolute atomic E-state index is 0.0262. The lowest BCUT2D eigenvalue weighted by Crippen LogP contribution is -2.32. The summed E-state index contributed by atoms with van der Waals surface area (Å²) >= 11 is 0. The van der Waals surface area contributed by atoms with Gasteiger partial charge >= 0.3 is 0 Å². The maximum absolute atomic E-state index is 12.6. The van der Waals surface area contributed by atoms with Crippen LogP contribution in [0.15, 0.2) is 42.5 Å². The molecule has 0 aliphatic carbocycles. The summed E-state index contributed by atoms with van der Waals surface area (Å²) in [5.74, 6) is -0.189. The number of nitrogens with zero attached hydrogens (tertiary/aromatic N) is 1. The van der Waals surface area contributed by atoms with E-state index in [4.69, 9.17) is 5.73 Å². The molecule has 0 saturated heterocycles. The van der Waals surface area contributed by atoms with Crippen molar-refractivity contribution >= 4 is 23.2 Å². The lowest BCUT2D eigenvalue weighted by Gasteiger charge is -2.21. The first kappa shape index (κ1) is 19.5. The molecule has 0 aliphatic rings. The summed E-state index contributed by atoms with van der Waals surface area (Å²) in [5.41, 5.74) is 8.99. The Labute approximate surface area is 155 Å². The highest BCUT2D eigenvalue weighted by atomic mass is 16.2. The molecule has 5 heteroatoms. The third-order valence-electron chi connectivity index (χ3n) is 4.17. The van der Waals surface area contributed by atoms with Crippen molar-refractivity contribution in [3.63, 3.8) is 0 Å². The monoisotopic (exact) mass is 353 g/mol. The van der Waals surface area contributed by atoms with Crippen molar-refractivity contribution in [3.8, 4) is 0 Å². The SMILES string of the molecule is CCCN(CCC)C(=O)c1ccc(NC(=O)c2cc(N)ccc2C)cc1. The van der Waals surface area contributed by atoms with Crippen molar-refractivity contribution in [2.75, 3.05) is 24.1 Å². The van der Waals surface area contributed by atoms with Gasteiger partial charge in [0.1, 0.15) is 0 Å². The van der Waals surface area contributed by atoms with Crippen LogP contribution < -0.4 is 11.1 Å².